The first-order valence-corrected chi connectivity index (χ1v) is 8.01. The number of hydrogen-bond donors (Lipinski definition) is 2. The lowest BCUT2D eigenvalue weighted by Gasteiger charge is -2.04. The average Bonchev–Trinajstić information content (AvgIpc) is 3.04. The van der Waals surface area contributed by atoms with Crippen LogP contribution < -0.4 is 5.32 Å². The second-order valence-corrected chi connectivity index (χ2v) is 5.70. The molecule has 1 amide bonds. The first-order valence-electron chi connectivity index (χ1n) is 7.20. The van der Waals surface area contributed by atoms with Crippen LogP contribution in [0.4, 0.5) is 5.69 Å². The lowest BCUT2D eigenvalue weighted by molar-refractivity contribution is -0.142. The van der Waals surface area contributed by atoms with Crippen LogP contribution in [-0.4, -0.2) is 46.4 Å². The van der Waals surface area contributed by atoms with Gasteiger partial charge >= 0.3 is 11.9 Å². The number of anilines is 1. The fraction of sp³-hybridized carbons (Fsp3) is 0.267. The predicted octanol–water partition coefficient (Wildman–Crippen LogP) is 1.57. The van der Waals surface area contributed by atoms with Crippen molar-refractivity contribution in [2.75, 3.05) is 18.5 Å². The van der Waals surface area contributed by atoms with Crippen LogP contribution >= 0.6 is 11.3 Å². The third kappa shape index (κ3) is 5.62. The first-order chi connectivity index (χ1) is 12.0. The zero-order valence-corrected chi connectivity index (χ0v) is 14.0. The number of carbonyl (C=O) groups is 3. The maximum atomic E-state index is 12.1. The van der Waals surface area contributed by atoms with Gasteiger partial charge in [-0.25, -0.2) is 9.59 Å². The van der Waals surface area contributed by atoms with E-state index in [0.717, 1.165) is 11.3 Å². The van der Waals surface area contributed by atoms with Crippen molar-refractivity contribution in [1.82, 2.24) is 10.2 Å². The molecule has 0 aliphatic carbocycles. The Bertz CT molecular complexity index is 759. The Morgan fingerprint density at radius 2 is 1.92 bits per heavy atom. The van der Waals surface area contributed by atoms with Crippen molar-refractivity contribution in [3.8, 4) is 0 Å². The monoisotopic (exact) mass is 365 g/mol. The van der Waals surface area contributed by atoms with Crippen molar-refractivity contribution in [3.63, 3.8) is 0 Å². The molecule has 25 heavy (non-hydrogen) atoms. The summed E-state index contributed by atoms with van der Waals surface area (Å²) in [4.78, 5) is 34.0. The van der Waals surface area contributed by atoms with Crippen LogP contribution in [0.1, 0.15) is 32.1 Å². The van der Waals surface area contributed by atoms with Crippen LogP contribution in [0.25, 0.3) is 0 Å². The molecule has 9 nitrogen and oxygen atoms in total. The molecule has 0 saturated heterocycles. The fourth-order valence-electron chi connectivity index (χ4n) is 1.72. The minimum Gasteiger partial charge on any atom is -0.480 e. The highest BCUT2D eigenvalue weighted by Gasteiger charge is 2.14. The topological polar surface area (TPSA) is 128 Å². The van der Waals surface area contributed by atoms with Crippen molar-refractivity contribution >= 4 is 34.9 Å². The van der Waals surface area contributed by atoms with Crippen molar-refractivity contribution in [1.29, 1.82) is 0 Å². The van der Waals surface area contributed by atoms with E-state index in [1.165, 1.54) is 0 Å². The number of benzene rings is 1. The van der Waals surface area contributed by atoms with Gasteiger partial charge in [-0.3, -0.25) is 4.79 Å². The van der Waals surface area contributed by atoms with Gasteiger partial charge < -0.3 is 19.9 Å². The third-order valence-corrected chi connectivity index (χ3v) is 3.66. The smallest absolute Gasteiger partial charge is 0.338 e. The number of amides is 1. The number of aromatic nitrogens is 2. The summed E-state index contributed by atoms with van der Waals surface area (Å²) in [7, 11) is 0. The summed E-state index contributed by atoms with van der Waals surface area (Å²) < 4.78 is 9.76. The number of nitrogens with one attached hydrogen (secondary N) is 1. The molecule has 0 atom stereocenters. The number of hydrogen-bond acceptors (Lipinski definition) is 8. The van der Waals surface area contributed by atoms with Gasteiger partial charge in [0.25, 0.3) is 5.91 Å². The van der Waals surface area contributed by atoms with Crippen molar-refractivity contribution in [2.45, 2.75) is 13.5 Å². The van der Waals surface area contributed by atoms with E-state index in [0.29, 0.717) is 16.3 Å². The van der Waals surface area contributed by atoms with Gasteiger partial charge in [-0.05, 0) is 31.2 Å². The fourth-order valence-corrected chi connectivity index (χ4v) is 2.39. The maximum Gasteiger partial charge on any atom is 0.338 e. The van der Waals surface area contributed by atoms with Crippen LogP contribution in [0.3, 0.4) is 0 Å². The summed E-state index contributed by atoms with van der Waals surface area (Å²) in [5, 5.41) is 19.1. The first kappa shape index (κ1) is 18.5. The number of carboxylic acid groups (broad SMARTS) is 1. The van der Waals surface area contributed by atoms with E-state index in [9.17, 15) is 14.4 Å². The highest BCUT2D eigenvalue weighted by atomic mass is 32.1. The third-order valence-electron chi connectivity index (χ3n) is 2.77. The number of esters is 1. The number of carboxylic acids is 1. The average molecular weight is 365 g/mol. The molecule has 0 bridgehead atoms. The van der Waals surface area contributed by atoms with Gasteiger partial charge in [0.15, 0.2) is 0 Å². The van der Waals surface area contributed by atoms with Crippen LogP contribution in [0.15, 0.2) is 24.3 Å². The minimum absolute atomic E-state index is 0.0362. The van der Waals surface area contributed by atoms with Crippen molar-refractivity contribution < 1.29 is 29.0 Å². The zero-order chi connectivity index (χ0) is 18.2. The molecule has 0 saturated carbocycles. The van der Waals surface area contributed by atoms with E-state index >= 15 is 0 Å². The van der Waals surface area contributed by atoms with Crippen LogP contribution in [0.2, 0.25) is 0 Å². The Labute approximate surface area is 146 Å². The molecule has 1 aromatic heterocycles. The van der Waals surface area contributed by atoms with Crippen LogP contribution in [0.5, 0.6) is 0 Å². The molecule has 0 radical (unpaired) electrons. The Hall–Kier alpha value is -2.85. The molecule has 10 heteroatoms. The highest BCUT2D eigenvalue weighted by Crippen LogP contribution is 2.15. The summed E-state index contributed by atoms with van der Waals surface area (Å²) in [5.41, 5.74) is 0.866. The molecule has 2 rings (SSSR count). The van der Waals surface area contributed by atoms with Crippen molar-refractivity contribution in [3.05, 3.63) is 39.8 Å². The van der Waals surface area contributed by atoms with Gasteiger partial charge in [0.1, 0.15) is 18.2 Å². The SMILES string of the molecule is CCOC(=O)c1ccc(NC(=O)c2nnc(COCC(=O)O)s2)cc1. The molecule has 0 spiro atoms. The standard InChI is InChI=1S/C15H15N3O6S/c1-2-24-15(22)9-3-5-10(6-4-9)16-13(21)14-18-17-11(25-14)7-23-8-12(19)20/h3-6H,2,7-8H2,1H3,(H,16,21)(H,19,20). The molecule has 1 aromatic carbocycles. The maximum absolute atomic E-state index is 12.1. The summed E-state index contributed by atoms with van der Waals surface area (Å²) in [6.45, 7) is 1.52. The van der Waals surface area contributed by atoms with E-state index < -0.39 is 24.5 Å². The quantitative estimate of drug-likeness (QED) is 0.675. The normalized spacial score (nSPS) is 10.3. The Balaban J connectivity index is 1.92. The van der Waals surface area contributed by atoms with E-state index in [1.807, 2.05) is 0 Å². The van der Waals surface area contributed by atoms with E-state index in [2.05, 4.69) is 15.5 Å². The van der Waals surface area contributed by atoms with Gasteiger partial charge in [0.2, 0.25) is 5.01 Å². The summed E-state index contributed by atoms with van der Waals surface area (Å²) in [5.74, 6) is -1.99. The Morgan fingerprint density at radius 1 is 1.20 bits per heavy atom. The molecule has 0 aliphatic heterocycles. The minimum atomic E-state index is -1.09. The lowest BCUT2D eigenvalue weighted by atomic mass is 10.2. The molecule has 0 fully saturated rings. The number of aliphatic carboxylic acids is 1. The second-order valence-electron chi connectivity index (χ2n) is 4.64. The molecule has 0 unspecified atom stereocenters. The Kier molecular flexibility index (Phi) is 6.54. The van der Waals surface area contributed by atoms with Gasteiger partial charge in [-0.15, -0.1) is 10.2 Å². The molecule has 132 valence electrons. The summed E-state index contributed by atoms with van der Waals surface area (Å²) in [6, 6.07) is 6.22. The second kappa shape index (κ2) is 8.85. The van der Waals surface area contributed by atoms with E-state index in [-0.39, 0.29) is 18.2 Å². The van der Waals surface area contributed by atoms with Gasteiger partial charge in [0, 0.05) is 5.69 Å². The zero-order valence-electron chi connectivity index (χ0n) is 13.2. The molecule has 0 aliphatic rings. The van der Waals surface area contributed by atoms with Crippen molar-refractivity contribution in [2.24, 2.45) is 0 Å². The van der Waals surface area contributed by atoms with Gasteiger partial charge in [-0.2, -0.15) is 0 Å². The highest BCUT2D eigenvalue weighted by molar-refractivity contribution is 7.13. The number of rotatable bonds is 8. The summed E-state index contributed by atoms with van der Waals surface area (Å²) in [6.07, 6.45) is 0. The predicted molar refractivity (Wildman–Crippen MR) is 87.6 cm³/mol. The van der Waals surface area contributed by atoms with Crippen LogP contribution in [0, 0.1) is 0 Å². The largest absolute Gasteiger partial charge is 0.480 e. The lowest BCUT2D eigenvalue weighted by Crippen LogP contribution is -2.12. The van der Waals surface area contributed by atoms with Gasteiger partial charge in [-0.1, -0.05) is 11.3 Å². The van der Waals surface area contributed by atoms with E-state index in [4.69, 9.17) is 14.6 Å². The molecular weight excluding hydrogens is 350 g/mol. The number of ether oxygens (including phenoxy) is 2. The van der Waals surface area contributed by atoms with E-state index in [1.54, 1.807) is 31.2 Å². The number of nitrogens with zero attached hydrogens (tertiary/aromatic N) is 2. The summed E-state index contributed by atoms with van der Waals surface area (Å²) >= 11 is 1.00. The molecule has 2 N–H and O–H groups in total. The Morgan fingerprint density at radius 3 is 2.56 bits per heavy atom. The number of carbonyl (C=O) groups excluding carboxylic acids is 2. The van der Waals surface area contributed by atoms with Crippen LogP contribution in [-0.2, 0) is 20.9 Å². The van der Waals surface area contributed by atoms with Gasteiger partial charge in [0.05, 0.1) is 12.2 Å². The molecule has 1 heterocycles. The molecule has 2 aromatic rings. The molecular formula is C15H15N3O6S.